The Hall–Kier alpha value is -2.76. The van der Waals surface area contributed by atoms with Gasteiger partial charge in [-0.1, -0.05) is 26.0 Å². The van der Waals surface area contributed by atoms with Crippen molar-refractivity contribution in [3.8, 4) is 0 Å². The lowest BCUT2D eigenvalue weighted by molar-refractivity contribution is -0.118. The molecule has 1 aliphatic carbocycles. The molecule has 1 N–H and O–H groups in total. The van der Waals surface area contributed by atoms with Crippen LogP contribution in [0, 0.1) is 5.41 Å². The Labute approximate surface area is 139 Å². The number of benzene rings is 1. The van der Waals surface area contributed by atoms with Crippen molar-refractivity contribution in [2.45, 2.75) is 33.6 Å². The fraction of sp³-hybridized carbons (Fsp3) is 0.333. The highest BCUT2D eigenvalue weighted by Crippen LogP contribution is 2.36. The second-order valence-electron chi connectivity index (χ2n) is 6.92. The first-order valence-electron chi connectivity index (χ1n) is 7.70. The lowest BCUT2D eigenvalue weighted by atomic mass is 9.76. The average molecular weight is 326 g/mol. The van der Waals surface area contributed by atoms with Crippen LogP contribution >= 0.6 is 0 Å². The Kier molecular flexibility index (Phi) is 3.63. The second kappa shape index (κ2) is 5.40. The molecule has 0 unspecified atom stereocenters. The summed E-state index contributed by atoms with van der Waals surface area (Å²) in [6.07, 6.45) is 0.629. The van der Waals surface area contributed by atoms with Gasteiger partial charge in [-0.3, -0.25) is 14.4 Å². The zero-order valence-corrected chi connectivity index (χ0v) is 13.8. The minimum Gasteiger partial charge on any atom is -0.511 e. The van der Waals surface area contributed by atoms with Crippen molar-refractivity contribution in [3.05, 3.63) is 46.7 Å². The highest BCUT2D eigenvalue weighted by molar-refractivity contribution is 6.25. The van der Waals surface area contributed by atoms with Crippen LogP contribution in [0.5, 0.6) is 0 Å². The molecule has 0 saturated heterocycles. The monoisotopic (exact) mass is 326 g/mol. The number of amides is 2. The number of allylic oxidation sites excluding steroid dienone is 2. The minimum absolute atomic E-state index is 0.0471. The maximum atomic E-state index is 12.3. The number of rotatable bonds is 2. The lowest BCUT2D eigenvalue weighted by Crippen LogP contribution is -2.31. The summed E-state index contributed by atoms with van der Waals surface area (Å²) in [5.74, 6) is -1.34. The summed E-state index contributed by atoms with van der Waals surface area (Å²) in [5, 5.41) is 15.0. The van der Waals surface area contributed by atoms with E-state index in [0.717, 1.165) is 5.01 Å². The zero-order valence-electron chi connectivity index (χ0n) is 13.8. The van der Waals surface area contributed by atoms with Crippen molar-refractivity contribution in [1.82, 2.24) is 5.01 Å². The Morgan fingerprint density at radius 1 is 1.08 bits per heavy atom. The normalized spacial score (nSPS) is 20.7. The molecule has 1 aliphatic heterocycles. The molecule has 2 aliphatic rings. The number of ketones is 1. The number of Topliss-reactive ketones (excluding diaryl/α,β-unsaturated/α-hetero) is 1. The maximum Gasteiger partial charge on any atom is 0.282 e. The van der Waals surface area contributed by atoms with E-state index in [-0.39, 0.29) is 45.8 Å². The third-order valence-corrected chi connectivity index (χ3v) is 4.24. The summed E-state index contributed by atoms with van der Waals surface area (Å²) < 4.78 is 0. The van der Waals surface area contributed by atoms with Crippen LogP contribution in [0.2, 0.25) is 0 Å². The van der Waals surface area contributed by atoms with Crippen molar-refractivity contribution >= 4 is 23.3 Å². The van der Waals surface area contributed by atoms with Crippen molar-refractivity contribution < 1.29 is 19.5 Å². The summed E-state index contributed by atoms with van der Waals surface area (Å²) in [4.78, 5) is 37.0. The van der Waals surface area contributed by atoms with Crippen molar-refractivity contribution in [2.75, 3.05) is 0 Å². The second-order valence-corrected chi connectivity index (χ2v) is 6.92. The fourth-order valence-corrected chi connectivity index (χ4v) is 3.17. The van der Waals surface area contributed by atoms with Gasteiger partial charge in [-0.15, -0.1) is 0 Å². The van der Waals surface area contributed by atoms with Gasteiger partial charge >= 0.3 is 0 Å². The van der Waals surface area contributed by atoms with Gasteiger partial charge in [0.15, 0.2) is 5.78 Å². The van der Waals surface area contributed by atoms with E-state index in [0.29, 0.717) is 6.42 Å². The number of carbonyl (C=O) groups excluding carboxylic acids is 3. The number of imide groups is 1. The highest BCUT2D eigenvalue weighted by Gasteiger charge is 2.38. The van der Waals surface area contributed by atoms with Gasteiger partial charge in [0.25, 0.3) is 11.8 Å². The fourth-order valence-electron chi connectivity index (χ4n) is 3.17. The molecule has 0 aromatic heterocycles. The van der Waals surface area contributed by atoms with Gasteiger partial charge in [0.05, 0.1) is 22.4 Å². The van der Waals surface area contributed by atoms with Gasteiger partial charge in [0.1, 0.15) is 5.76 Å². The number of nitrogens with zero attached hydrogens (tertiary/aromatic N) is 2. The summed E-state index contributed by atoms with van der Waals surface area (Å²) >= 11 is 0. The number of aliphatic hydroxyl groups excluding tert-OH is 1. The Balaban J connectivity index is 1.97. The average Bonchev–Trinajstić information content (AvgIpc) is 2.71. The van der Waals surface area contributed by atoms with Gasteiger partial charge in [0.2, 0.25) is 0 Å². The topological polar surface area (TPSA) is 87.0 Å². The molecule has 2 amide bonds. The third kappa shape index (κ3) is 2.54. The van der Waals surface area contributed by atoms with Crippen LogP contribution in [-0.4, -0.2) is 33.4 Å². The molecule has 3 rings (SSSR count). The smallest absolute Gasteiger partial charge is 0.282 e. The summed E-state index contributed by atoms with van der Waals surface area (Å²) in [7, 11) is 0. The quantitative estimate of drug-likeness (QED) is 0.669. The molecule has 124 valence electrons. The maximum absolute atomic E-state index is 12.3. The molecule has 0 fully saturated rings. The van der Waals surface area contributed by atoms with E-state index in [1.165, 1.54) is 6.92 Å². The van der Waals surface area contributed by atoms with E-state index >= 15 is 0 Å². The first kappa shape index (κ1) is 16.1. The van der Waals surface area contributed by atoms with Crippen LogP contribution in [0.25, 0.3) is 0 Å². The van der Waals surface area contributed by atoms with Gasteiger partial charge in [-0.05, 0) is 24.5 Å². The highest BCUT2D eigenvalue weighted by atomic mass is 16.3. The molecule has 0 saturated carbocycles. The molecule has 0 radical (unpaired) electrons. The number of carbonyl (C=O) groups is 3. The van der Waals surface area contributed by atoms with Crippen molar-refractivity contribution in [1.29, 1.82) is 0 Å². The molecule has 6 heteroatoms. The van der Waals surface area contributed by atoms with Crippen LogP contribution in [0.4, 0.5) is 0 Å². The number of hydrogen-bond donors (Lipinski definition) is 1. The summed E-state index contributed by atoms with van der Waals surface area (Å²) in [6, 6.07) is 6.47. The predicted molar refractivity (Wildman–Crippen MR) is 87.7 cm³/mol. The van der Waals surface area contributed by atoms with Crippen LogP contribution in [0.15, 0.2) is 40.7 Å². The largest absolute Gasteiger partial charge is 0.511 e. The van der Waals surface area contributed by atoms with E-state index in [2.05, 4.69) is 5.10 Å². The Bertz CT molecular complexity index is 798. The number of aliphatic hydroxyl groups is 1. The van der Waals surface area contributed by atoms with Crippen LogP contribution in [0.1, 0.15) is 54.3 Å². The molecular weight excluding hydrogens is 308 g/mol. The van der Waals surface area contributed by atoms with E-state index in [1.54, 1.807) is 24.3 Å². The molecule has 1 heterocycles. The molecule has 0 bridgehead atoms. The molecule has 0 spiro atoms. The lowest BCUT2D eigenvalue weighted by Gasteiger charge is -2.29. The Morgan fingerprint density at radius 2 is 1.62 bits per heavy atom. The minimum atomic E-state index is -0.529. The van der Waals surface area contributed by atoms with Crippen molar-refractivity contribution in [3.63, 3.8) is 0 Å². The van der Waals surface area contributed by atoms with Gasteiger partial charge in [0, 0.05) is 12.8 Å². The SMILES string of the molecule is C/C(=N\N1C(=O)c2ccccc2C1=O)C1=C(O)CC(C)(C)CC1=O. The standard InChI is InChI=1S/C18H18N2O4/c1-10(15-13(21)8-18(2,3)9-14(15)22)19-20-16(23)11-6-4-5-7-12(11)17(20)24/h4-7,21H,8-9H2,1-3H3/b19-10+. The molecule has 6 nitrogen and oxygen atoms in total. The van der Waals surface area contributed by atoms with Crippen molar-refractivity contribution in [2.24, 2.45) is 10.5 Å². The van der Waals surface area contributed by atoms with Gasteiger partial charge < -0.3 is 5.11 Å². The van der Waals surface area contributed by atoms with Gasteiger partial charge in [-0.2, -0.15) is 10.1 Å². The molecule has 0 atom stereocenters. The Morgan fingerprint density at radius 3 is 2.12 bits per heavy atom. The summed E-state index contributed by atoms with van der Waals surface area (Å²) in [6.45, 7) is 5.31. The zero-order chi connectivity index (χ0) is 17.6. The first-order valence-corrected chi connectivity index (χ1v) is 7.70. The van der Waals surface area contributed by atoms with E-state index in [4.69, 9.17) is 0 Å². The van der Waals surface area contributed by atoms with Crippen LogP contribution < -0.4 is 0 Å². The van der Waals surface area contributed by atoms with Crippen LogP contribution in [0.3, 0.4) is 0 Å². The van der Waals surface area contributed by atoms with Crippen LogP contribution in [-0.2, 0) is 4.79 Å². The van der Waals surface area contributed by atoms with E-state index in [1.807, 2.05) is 13.8 Å². The number of fused-ring (bicyclic) bond motifs is 1. The van der Waals surface area contributed by atoms with E-state index in [9.17, 15) is 19.5 Å². The predicted octanol–water partition coefficient (Wildman–Crippen LogP) is 2.86. The van der Waals surface area contributed by atoms with Gasteiger partial charge in [-0.25, -0.2) is 0 Å². The molecule has 24 heavy (non-hydrogen) atoms. The molecule has 1 aromatic carbocycles. The third-order valence-electron chi connectivity index (χ3n) is 4.24. The number of hydrazone groups is 1. The summed E-state index contributed by atoms with van der Waals surface area (Å²) in [5.41, 5.74) is 0.524. The first-order chi connectivity index (χ1) is 11.2. The molecular formula is C18H18N2O4. The number of hydrogen-bond acceptors (Lipinski definition) is 5. The molecule has 1 aromatic rings. The van der Waals surface area contributed by atoms with E-state index < -0.39 is 11.8 Å².